The van der Waals surface area contributed by atoms with E-state index in [-0.39, 0.29) is 18.9 Å². The van der Waals surface area contributed by atoms with Crippen molar-refractivity contribution in [1.29, 1.82) is 0 Å². The van der Waals surface area contributed by atoms with Gasteiger partial charge in [-0.1, -0.05) is 30.3 Å². The van der Waals surface area contributed by atoms with Gasteiger partial charge in [0.15, 0.2) is 5.54 Å². The third kappa shape index (κ3) is 5.71. The Morgan fingerprint density at radius 1 is 1.26 bits per heavy atom. The van der Waals surface area contributed by atoms with E-state index in [1.54, 1.807) is 24.3 Å². The van der Waals surface area contributed by atoms with Crippen molar-refractivity contribution in [2.75, 3.05) is 13.7 Å². The Kier molecular flexibility index (Phi) is 6.71. The van der Waals surface area contributed by atoms with Crippen LogP contribution in [0.4, 0.5) is 0 Å². The molecule has 0 aliphatic heterocycles. The van der Waals surface area contributed by atoms with E-state index in [0.717, 1.165) is 5.56 Å². The molecule has 0 heterocycles. The Bertz CT molecular complexity index is 561. The van der Waals surface area contributed by atoms with Gasteiger partial charge in [0.1, 0.15) is 0 Å². The molecule has 0 aliphatic rings. The van der Waals surface area contributed by atoms with Crippen molar-refractivity contribution in [3.05, 3.63) is 35.9 Å². The van der Waals surface area contributed by atoms with Gasteiger partial charge in [0, 0.05) is 14.0 Å². The third-order valence-corrected chi connectivity index (χ3v) is 3.29. The van der Waals surface area contributed by atoms with Crippen molar-refractivity contribution in [3.8, 4) is 0 Å². The second kappa shape index (κ2) is 8.28. The van der Waals surface area contributed by atoms with Gasteiger partial charge in [0.05, 0.1) is 19.1 Å². The number of carbonyl (C=O) groups excluding carboxylic acids is 2. The van der Waals surface area contributed by atoms with E-state index in [4.69, 9.17) is 4.74 Å². The smallest absolute Gasteiger partial charge is 0.331 e. The van der Waals surface area contributed by atoms with E-state index in [1.807, 2.05) is 6.07 Å². The van der Waals surface area contributed by atoms with E-state index < -0.39 is 23.5 Å². The monoisotopic (exact) mass is 322 g/mol. The Morgan fingerprint density at radius 2 is 1.87 bits per heavy atom. The molecule has 2 atom stereocenters. The van der Waals surface area contributed by atoms with Crippen LogP contribution in [0.15, 0.2) is 30.3 Å². The molecule has 23 heavy (non-hydrogen) atoms. The van der Waals surface area contributed by atoms with E-state index in [9.17, 15) is 19.5 Å². The van der Waals surface area contributed by atoms with Gasteiger partial charge in [-0.2, -0.15) is 0 Å². The molecule has 0 aliphatic carbocycles. The summed E-state index contributed by atoms with van der Waals surface area (Å²) in [6.07, 6.45) is -0.0732. The molecule has 0 radical (unpaired) electrons. The highest BCUT2D eigenvalue weighted by Crippen LogP contribution is 2.17. The summed E-state index contributed by atoms with van der Waals surface area (Å²) in [5.74, 6) is -1.96. The van der Waals surface area contributed by atoms with Gasteiger partial charge in [0.2, 0.25) is 11.8 Å². The molecule has 7 heteroatoms. The molecule has 126 valence electrons. The average Bonchev–Trinajstić information content (AvgIpc) is 2.47. The highest BCUT2D eigenvalue weighted by Gasteiger charge is 2.35. The average molecular weight is 322 g/mol. The molecule has 0 aromatic heterocycles. The first-order valence-electron chi connectivity index (χ1n) is 7.14. The highest BCUT2D eigenvalue weighted by atomic mass is 16.5. The van der Waals surface area contributed by atoms with Crippen LogP contribution in [0.3, 0.4) is 0 Å². The van der Waals surface area contributed by atoms with Gasteiger partial charge in [-0.3, -0.25) is 9.59 Å². The van der Waals surface area contributed by atoms with Crippen LogP contribution in [-0.4, -0.2) is 42.1 Å². The standard InChI is InChI=1S/C16H22N2O5/c1-11(19)17-13(12-7-5-4-6-8-12)9-14(20)18-16(2,10-23-3)15(21)22/h4-8,13H,9-10H2,1-3H3,(H,17,19)(H,18,20)(H,21,22). The maximum atomic E-state index is 12.2. The number of nitrogens with one attached hydrogen (secondary N) is 2. The molecule has 0 saturated heterocycles. The number of carboxylic acid groups (broad SMARTS) is 1. The van der Waals surface area contributed by atoms with Gasteiger partial charge in [-0.25, -0.2) is 4.79 Å². The minimum atomic E-state index is -1.52. The second-order valence-corrected chi connectivity index (χ2v) is 5.49. The van der Waals surface area contributed by atoms with Crippen molar-refractivity contribution in [2.45, 2.75) is 31.8 Å². The van der Waals surface area contributed by atoms with Gasteiger partial charge in [-0.15, -0.1) is 0 Å². The van der Waals surface area contributed by atoms with Gasteiger partial charge in [-0.05, 0) is 12.5 Å². The van der Waals surface area contributed by atoms with Crippen LogP contribution >= 0.6 is 0 Å². The zero-order valence-electron chi connectivity index (χ0n) is 13.5. The molecule has 0 spiro atoms. The molecule has 3 N–H and O–H groups in total. The highest BCUT2D eigenvalue weighted by molar-refractivity contribution is 5.87. The largest absolute Gasteiger partial charge is 0.479 e. The molecule has 1 rings (SSSR count). The minimum absolute atomic E-state index is 0.0732. The summed E-state index contributed by atoms with van der Waals surface area (Å²) in [5, 5.41) is 14.4. The summed E-state index contributed by atoms with van der Waals surface area (Å²) in [6.45, 7) is 2.57. The molecule has 2 amide bonds. The zero-order chi connectivity index (χ0) is 17.5. The number of rotatable bonds is 8. The molecule has 0 saturated carbocycles. The van der Waals surface area contributed by atoms with Gasteiger partial charge >= 0.3 is 5.97 Å². The normalized spacial score (nSPS) is 14.4. The molecule has 7 nitrogen and oxygen atoms in total. The lowest BCUT2D eigenvalue weighted by molar-refractivity contribution is -0.149. The predicted molar refractivity (Wildman–Crippen MR) is 83.7 cm³/mol. The fourth-order valence-corrected chi connectivity index (χ4v) is 2.17. The first-order valence-corrected chi connectivity index (χ1v) is 7.14. The Morgan fingerprint density at radius 3 is 2.35 bits per heavy atom. The summed E-state index contributed by atoms with van der Waals surface area (Å²) >= 11 is 0. The van der Waals surface area contributed by atoms with E-state index in [2.05, 4.69) is 10.6 Å². The summed E-state index contributed by atoms with van der Waals surface area (Å²) in [6, 6.07) is 8.48. The third-order valence-electron chi connectivity index (χ3n) is 3.29. The molecule has 0 bridgehead atoms. The van der Waals surface area contributed by atoms with Crippen LogP contribution in [0.25, 0.3) is 0 Å². The molecule has 0 fully saturated rings. The maximum Gasteiger partial charge on any atom is 0.331 e. The van der Waals surface area contributed by atoms with Crippen LogP contribution in [0.5, 0.6) is 0 Å². The predicted octanol–water partition coefficient (Wildman–Crippen LogP) is 0.860. The number of hydrogen-bond donors (Lipinski definition) is 3. The lowest BCUT2D eigenvalue weighted by Crippen LogP contribution is -2.55. The molecule has 2 unspecified atom stereocenters. The second-order valence-electron chi connectivity index (χ2n) is 5.49. The van der Waals surface area contributed by atoms with Crippen LogP contribution in [0.1, 0.15) is 31.9 Å². The molecular weight excluding hydrogens is 300 g/mol. The lowest BCUT2D eigenvalue weighted by atomic mass is 10.0. The number of ether oxygens (including phenoxy) is 1. The van der Waals surface area contributed by atoms with Crippen molar-refractivity contribution in [2.24, 2.45) is 0 Å². The quantitative estimate of drug-likeness (QED) is 0.658. The van der Waals surface area contributed by atoms with E-state index in [0.29, 0.717) is 0 Å². The molecule has 1 aromatic rings. The van der Waals surface area contributed by atoms with Crippen molar-refractivity contribution < 1.29 is 24.2 Å². The summed E-state index contributed by atoms with van der Waals surface area (Å²) < 4.78 is 4.86. The summed E-state index contributed by atoms with van der Waals surface area (Å²) in [4.78, 5) is 34.9. The Balaban J connectivity index is 2.85. The van der Waals surface area contributed by atoms with E-state index in [1.165, 1.54) is 21.0 Å². The number of hydrogen-bond acceptors (Lipinski definition) is 4. The lowest BCUT2D eigenvalue weighted by Gasteiger charge is -2.26. The van der Waals surface area contributed by atoms with Crippen molar-refractivity contribution >= 4 is 17.8 Å². The molecule has 1 aromatic carbocycles. The summed E-state index contributed by atoms with van der Waals surface area (Å²) in [7, 11) is 1.36. The number of carboxylic acids is 1. The number of methoxy groups -OCH3 is 1. The number of aliphatic carboxylic acids is 1. The topological polar surface area (TPSA) is 105 Å². The number of benzene rings is 1. The van der Waals surface area contributed by atoms with Crippen molar-refractivity contribution in [3.63, 3.8) is 0 Å². The SMILES string of the molecule is COCC(C)(NC(=O)CC(NC(C)=O)c1ccccc1)C(=O)O. The Hall–Kier alpha value is -2.41. The first kappa shape index (κ1) is 18.6. The summed E-state index contributed by atoms with van der Waals surface area (Å²) in [5.41, 5.74) is -0.759. The van der Waals surface area contributed by atoms with Crippen molar-refractivity contribution in [1.82, 2.24) is 10.6 Å². The van der Waals surface area contributed by atoms with Crippen LogP contribution < -0.4 is 10.6 Å². The van der Waals surface area contributed by atoms with Gasteiger partial charge in [0.25, 0.3) is 0 Å². The van der Waals surface area contributed by atoms with Gasteiger partial charge < -0.3 is 20.5 Å². The minimum Gasteiger partial charge on any atom is -0.479 e. The van der Waals surface area contributed by atoms with Crippen LogP contribution in [-0.2, 0) is 19.1 Å². The Labute approximate surface area is 135 Å². The maximum absolute atomic E-state index is 12.2. The molecular formula is C16H22N2O5. The first-order chi connectivity index (χ1) is 10.8. The van der Waals surface area contributed by atoms with Crippen LogP contribution in [0.2, 0.25) is 0 Å². The number of carbonyl (C=O) groups is 3. The zero-order valence-corrected chi connectivity index (χ0v) is 13.5. The van der Waals surface area contributed by atoms with Crippen LogP contribution in [0, 0.1) is 0 Å². The fraction of sp³-hybridized carbons (Fsp3) is 0.438. The van der Waals surface area contributed by atoms with E-state index >= 15 is 0 Å². The number of amides is 2. The fourth-order valence-electron chi connectivity index (χ4n) is 2.17.